The number of aryl methyl sites for hydroxylation is 1. The number of aromatic nitrogens is 3. The van der Waals surface area contributed by atoms with Crippen LogP contribution in [0.5, 0.6) is 0 Å². The van der Waals surface area contributed by atoms with E-state index in [0.717, 1.165) is 17.3 Å². The highest BCUT2D eigenvalue weighted by atomic mass is 32.2. The summed E-state index contributed by atoms with van der Waals surface area (Å²) in [6, 6.07) is 8.30. The lowest BCUT2D eigenvalue weighted by Crippen LogP contribution is -2.31. The highest BCUT2D eigenvalue weighted by Gasteiger charge is 2.32. The first kappa shape index (κ1) is 24.4. The molecule has 182 valence electrons. The number of alkyl halides is 2. The summed E-state index contributed by atoms with van der Waals surface area (Å²) in [6.07, 6.45) is -1.34. The van der Waals surface area contributed by atoms with E-state index in [2.05, 4.69) is 25.5 Å². The van der Waals surface area contributed by atoms with Gasteiger partial charge in [0.2, 0.25) is 5.91 Å². The van der Waals surface area contributed by atoms with Gasteiger partial charge in [0.1, 0.15) is 18.8 Å². The number of thioether (sulfide) groups is 1. The van der Waals surface area contributed by atoms with Gasteiger partial charge in [0.25, 0.3) is 6.43 Å². The number of nitrogens with one attached hydrogen (secondary N) is 2. The smallest absolute Gasteiger partial charge is 0.347 e. The third-order valence-corrected chi connectivity index (χ3v) is 5.77. The molecule has 2 heterocycles. The molecule has 0 aliphatic carbocycles. The predicted molar refractivity (Wildman–Crippen MR) is 125 cm³/mol. The molecular weight excluding hydrogens is 485 g/mol. The molecule has 2 N–H and O–H groups in total. The van der Waals surface area contributed by atoms with E-state index in [4.69, 9.17) is 4.74 Å². The summed E-state index contributed by atoms with van der Waals surface area (Å²) < 4.78 is 44.5. The van der Waals surface area contributed by atoms with Crippen molar-refractivity contribution in [2.75, 3.05) is 22.6 Å². The zero-order valence-electron chi connectivity index (χ0n) is 18.3. The van der Waals surface area contributed by atoms with E-state index in [1.807, 2.05) is 0 Å². The molecule has 1 aliphatic heterocycles. The number of rotatable bonds is 7. The quantitative estimate of drug-likeness (QED) is 0.494. The Balaban J connectivity index is 1.54. The normalized spacial score (nSPS) is 14.8. The molecule has 0 bridgehead atoms. The van der Waals surface area contributed by atoms with Crippen molar-refractivity contribution < 1.29 is 27.5 Å². The van der Waals surface area contributed by atoms with Gasteiger partial charge < -0.3 is 10.1 Å². The van der Waals surface area contributed by atoms with Crippen molar-refractivity contribution in [2.24, 2.45) is 4.99 Å². The van der Waals surface area contributed by atoms with Crippen LogP contribution in [0.25, 0.3) is 11.4 Å². The minimum absolute atomic E-state index is 0.0254. The number of amidine groups is 1. The Hall–Kier alpha value is -3.71. The van der Waals surface area contributed by atoms with E-state index in [1.54, 1.807) is 31.2 Å². The molecule has 9 nitrogen and oxygen atoms in total. The number of ether oxygens (including phenoxy) is 1. The van der Waals surface area contributed by atoms with Crippen molar-refractivity contribution in [2.45, 2.75) is 20.0 Å². The first-order chi connectivity index (χ1) is 16.8. The second-order valence-electron chi connectivity index (χ2n) is 7.41. The summed E-state index contributed by atoms with van der Waals surface area (Å²) >= 11 is 1.03. The van der Waals surface area contributed by atoms with Gasteiger partial charge in [0.05, 0.1) is 23.7 Å². The zero-order valence-corrected chi connectivity index (χ0v) is 19.1. The predicted octanol–water partition coefficient (Wildman–Crippen LogP) is 4.37. The van der Waals surface area contributed by atoms with Gasteiger partial charge in [-0.2, -0.15) is 10.1 Å². The summed E-state index contributed by atoms with van der Waals surface area (Å²) in [7, 11) is 0. The fraction of sp³-hybridized carbons (Fsp3) is 0.227. The molecule has 1 fully saturated rings. The standard InChI is InChI=1S/C22H19F3N6O3S/c1-12-2-3-14(8-34-9-18(24)25)17(6-12)31-19(32)10-35-22(31)29-21(33)28-16-5-4-13(7-15(16)23)20-26-11-27-30-20/h2-7,11,18H,8-10H2,1H3,(H,28,33)(H,26,27,30)/b29-22-. The highest BCUT2D eigenvalue weighted by Crippen LogP contribution is 2.31. The number of amides is 3. The molecular formula is C22H19F3N6O3S. The molecule has 1 aliphatic rings. The third-order valence-electron chi connectivity index (χ3n) is 4.84. The molecule has 0 radical (unpaired) electrons. The fourth-order valence-corrected chi connectivity index (χ4v) is 4.14. The van der Waals surface area contributed by atoms with E-state index in [-0.39, 0.29) is 29.1 Å². The Kier molecular flexibility index (Phi) is 7.46. The van der Waals surface area contributed by atoms with Gasteiger partial charge in [-0.3, -0.25) is 14.8 Å². The summed E-state index contributed by atoms with van der Waals surface area (Å²) in [5.41, 5.74) is 1.99. The van der Waals surface area contributed by atoms with Crippen LogP contribution in [0.1, 0.15) is 11.1 Å². The average molecular weight is 504 g/mol. The lowest BCUT2D eigenvalue weighted by Gasteiger charge is -2.20. The van der Waals surface area contributed by atoms with Crippen LogP contribution < -0.4 is 10.2 Å². The maximum Gasteiger partial charge on any atom is 0.347 e. The number of benzene rings is 2. The van der Waals surface area contributed by atoms with Crippen LogP contribution in [0.15, 0.2) is 47.7 Å². The second kappa shape index (κ2) is 10.7. The number of urea groups is 1. The van der Waals surface area contributed by atoms with Crippen LogP contribution in [-0.2, 0) is 16.1 Å². The van der Waals surface area contributed by atoms with Crippen molar-refractivity contribution in [1.82, 2.24) is 15.2 Å². The SMILES string of the molecule is Cc1ccc(COCC(F)F)c(N2C(=O)CS/C2=N\C(=O)Nc2ccc(-c3ncn[nH]3)cc2F)c1. The van der Waals surface area contributed by atoms with Gasteiger partial charge >= 0.3 is 6.03 Å². The van der Waals surface area contributed by atoms with E-state index in [1.165, 1.54) is 23.4 Å². The molecule has 0 atom stereocenters. The number of carbonyl (C=O) groups excluding carboxylic acids is 2. The lowest BCUT2D eigenvalue weighted by atomic mass is 10.1. The number of anilines is 2. The zero-order chi connectivity index (χ0) is 24.9. The van der Waals surface area contributed by atoms with Gasteiger partial charge in [-0.25, -0.2) is 22.9 Å². The summed E-state index contributed by atoms with van der Waals surface area (Å²) in [4.78, 5) is 34.3. The number of carbonyl (C=O) groups is 2. The molecule has 0 unspecified atom stereocenters. The van der Waals surface area contributed by atoms with Crippen molar-refractivity contribution >= 4 is 40.2 Å². The Morgan fingerprint density at radius 2 is 2.14 bits per heavy atom. The number of hydrogen-bond donors (Lipinski definition) is 2. The molecule has 2 aromatic carbocycles. The third kappa shape index (κ3) is 5.87. The van der Waals surface area contributed by atoms with Crippen molar-refractivity contribution in [1.29, 1.82) is 0 Å². The largest absolute Gasteiger partial charge is 0.371 e. The van der Waals surface area contributed by atoms with Gasteiger partial charge in [0.15, 0.2) is 11.0 Å². The van der Waals surface area contributed by atoms with Crippen LogP contribution in [0, 0.1) is 12.7 Å². The van der Waals surface area contributed by atoms with E-state index in [0.29, 0.717) is 22.6 Å². The maximum atomic E-state index is 14.5. The number of nitrogens with zero attached hydrogens (tertiary/aromatic N) is 4. The van der Waals surface area contributed by atoms with Gasteiger partial charge in [-0.1, -0.05) is 23.9 Å². The van der Waals surface area contributed by atoms with E-state index < -0.39 is 24.9 Å². The Labute approximate surface area is 201 Å². The van der Waals surface area contributed by atoms with Gasteiger partial charge in [-0.15, -0.1) is 0 Å². The van der Waals surface area contributed by atoms with Crippen LogP contribution >= 0.6 is 11.8 Å². The monoisotopic (exact) mass is 504 g/mol. The lowest BCUT2D eigenvalue weighted by molar-refractivity contribution is -0.115. The molecule has 13 heteroatoms. The van der Waals surface area contributed by atoms with Crippen molar-refractivity contribution in [3.8, 4) is 11.4 Å². The molecule has 4 rings (SSSR count). The number of hydrogen-bond acceptors (Lipinski definition) is 6. The van der Waals surface area contributed by atoms with Crippen molar-refractivity contribution in [3.63, 3.8) is 0 Å². The topological polar surface area (TPSA) is 113 Å². The van der Waals surface area contributed by atoms with E-state index in [9.17, 15) is 22.8 Å². The van der Waals surface area contributed by atoms with E-state index >= 15 is 0 Å². The highest BCUT2D eigenvalue weighted by molar-refractivity contribution is 8.15. The molecule has 35 heavy (non-hydrogen) atoms. The second-order valence-corrected chi connectivity index (χ2v) is 8.35. The first-order valence-electron chi connectivity index (χ1n) is 10.3. The number of aliphatic imine (C=N–C) groups is 1. The first-order valence-corrected chi connectivity index (χ1v) is 11.3. The Morgan fingerprint density at radius 1 is 1.31 bits per heavy atom. The number of halogens is 3. The molecule has 0 spiro atoms. The minimum Gasteiger partial charge on any atom is -0.371 e. The molecule has 0 saturated carbocycles. The van der Waals surface area contributed by atoms with Gasteiger partial charge in [-0.05, 0) is 36.8 Å². The number of aromatic amines is 1. The molecule has 3 aromatic rings. The van der Waals surface area contributed by atoms with Crippen LogP contribution in [0.4, 0.5) is 29.3 Å². The van der Waals surface area contributed by atoms with Gasteiger partial charge in [0, 0.05) is 11.1 Å². The molecule has 3 amide bonds. The minimum atomic E-state index is -2.63. The Morgan fingerprint density at radius 3 is 2.86 bits per heavy atom. The number of H-pyrrole nitrogens is 1. The Bertz CT molecular complexity index is 1270. The maximum absolute atomic E-state index is 14.5. The summed E-state index contributed by atoms with van der Waals surface area (Å²) in [5, 5.41) is 8.76. The molecule has 1 aromatic heterocycles. The van der Waals surface area contributed by atoms with Crippen molar-refractivity contribution in [3.05, 3.63) is 59.7 Å². The summed E-state index contributed by atoms with van der Waals surface area (Å²) in [6.45, 7) is 0.895. The van der Waals surface area contributed by atoms with Crippen LogP contribution in [-0.4, -0.2) is 51.1 Å². The molecule has 1 saturated heterocycles. The average Bonchev–Trinajstić information content (AvgIpc) is 3.46. The van der Waals surface area contributed by atoms with Crippen LogP contribution in [0.2, 0.25) is 0 Å². The fourth-order valence-electron chi connectivity index (χ4n) is 3.28. The summed E-state index contributed by atoms with van der Waals surface area (Å²) in [5.74, 6) is -0.663. The van der Waals surface area contributed by atoms with Crippen LogP contribution in [0.3, 0.4) is 0 Å².